The maximum absolute atomic E-state index is 11.8. The molecule has 1 aliphatic heterocycles. The Labute approximate surface area is 114 Å². The second kappa shape index (κ2) is 6.02. The van der Waals surface area contributed by atoms with E-state index in [2.05, 4.69) is 49.2 Å². The molecule has 0 amide bonds. The number of esters is 1. The largest absolute Gasteiger partial charge is 0.463 e. The number of rotatable bonds is 3. The average Bonchev–Trinajstić information content (AvgIpc) is 2.39. The second-order valence-electron chi connectivity index (χ2n) is 5.04. The normalized spacial score (nSPS) is 23.8. The van der Waals surface area contributed by atoms with Crippen molar-refractivity contribution >= 4 is 5.97 Å². The summed E-state index contributed by atoms with van der Waals surface area (Å²) in [7, 11) is 2.06. The van der Waals surface area contributed by atoms with Gasteiger partial charge in [-0.1, -0.05) is 43.3 Å². The lowest BCUT2D eigenvalue weighted by atomic mass is 9.88. The van der Waals surface area contributed by atoms with Gasteiger partial charge < -0.3 is 4.74 Å². The van der Waals surface area contributed by atoms with Gasteiger partial charge in [0.1, 0.15) is 0 Å². The average molecular weight is 259 g/mol. The van der Waals surface area contributed by atoms with Crippen molar-refractivity contribution in [2.45, 2.75) is 19.9 Å². The molecule has 0 spiro atoms. The van der Waals surface area contributed by atoms with Crippen molar-refractivity contribution in [3.8, 4) is 0 Å². The molecule has 1 aromatic rings. The molecule has 0 radical (unpaired) electrons. The van der Waals surface area contributed by atoms with Crippen molar-refractivity contribution in [2.24, 2.45) is 5.92 Å². The third-order valence-corrected chi connectivity index (χ3v) is 3.54. The van der Waals surface area contributed by atoms with E-state index in [-0.39, 0.29) is 5.97 Å². The third-order valence-electron chi connectivity index (χ3n) is 3.54. The van der Waals surface area contributed by atoms with Crippen LogP contribution in [0.3, 0.4) is 0 Å². The number of hydrogen-bond acceptors (Lipinski definition) is 3. The van der Waals surface area contributed by atoms with Crippen LogP contribution >= 0.6 is 0 Å². The first kappa shape index (κ1) is 13.8. The molecule has 0 aliphatic carbocycles. The van der Waals surface area contributed by atoms with E-state index in [1.54, 1.807) is 0 Å². The molecular weight excluding hydrogens is 238 g/mol. The third kappa shape index (κ3) is 3.04. The molecule has 0 saturated carbocycles. The van der Waals surface area contributed by atoms with Gasteiger partial charge in [0.15, 0.2) is 0 Å². The molecule has 1 aliphatic rings. The molecule has 1 heterocycles. The molecule has 0 saturated heterocycles. The lowest BCUT2D eigenvalue weighted by Gasteiger charge is -2.36. The molecule has 2 atom stereocenters. The van der Waals surface area contributed by atoms with Crippen molar-refractivity contribution in [2.75, 3.05) is 20.2 Å². The highest BCUT2D eigenvalue weighted by Crippen LogP contribution is 2.33. The first-order chi connectivity index (χ1) is 9.13. The van der Waals surface area contributed by atoms with Crippen molar-refractivity contribution in [1.82, 2.24) is 4.90 Å². The highest BCUT2D eigenvalue weighted by molar-refractivity contribution is 5.89. The van der Waals surface area contributed by atoms with Crippen molar-refractivity contribution < 1.29 is 9.53 Å². The molecule has 19 heavy (non-hydrogen) atoms. The first-order valence-corrected chi connectivity index (χ1v) is 6.76. The SMILES string of the molecule is CCOC(=O)C1=C[C@@H](C)[C@@H](c2ccccc2)N(C)C1. The maximum atomic E-state index is 11.8. The van der Waals surface area contributed by atoms with Crippen LogP contribution in [-0.4, -0.2) is 31.1 Å². The summed E-state index contributed by atoms with van der Waals surface area (Å²) in [6.45, 7) is 5.05. The van der Waals surface area contributed by atoms with Crippen LogP contribution in [0.5, 0.6) is 0 Å². The van der Waals surface area contributed by atoms with Gasteiger partial charge in [-0.25, -0.2) is 4.79 Å². The Morgan fingerprint density at radius 2 is 2.05 bits per heavy atom. The van der Waals surface area contributed by atoms with Gasteiger partial charge in [0.05, 0.1) is 6.61 Å². The molecule has 0 N–H and O–H groups in total. The lowest BCUT2D eigenvalue weighted by molar-refractivity contribution is -0.139. The predicted octanol–water partition coefficient (Wildman–Crippen LogP) is 2.80. The fraction of sp³-hybridized carbons (Fsp3) is 0.438. The number of likely N-dealkylation sites (N-methyl/N-ethyl adjacent to an activating group) is 1. The van der Waals surface area contributed by atoms with Crippen molar-refractivity contribution in [3.05, 3.63) is 47.5 Å². The molecule has 102 valence electrons. The van der Waals surface area contributed by atoms with Gasteiger partial charge in [0.25, 0.3) is 0 Å². The Morgan fingerprint density at radius 1 is 1.37 bits per heavy atom. The van der Waals surface area contributed by atoms with E-state index in [0.29, 0.717) is 25.1 Å². The Kier molecular flexibility index (Phi) is 4.38. The van der Waals surface area contributed by atoms with Crippen LogP contribution in [-0.2, 0) is 9.53 Å². The fourth-order valence-corrected chi connectivity index (χ4v) is 2.79. The van der Waals surface area contributed by atoms with E-state index in [0.717, 1.165) is 5.57 Å². The molecule has 0 fully saturated rings. The van der Waals surface area contributed by atoms with Gasteiger partial charge >= 0.3 is 5.97 Å². The van der Waals surface area contributed by atoms with Crippen molar-refractivity contribution in [3.63, 3.8) is 0 Å². The van der Waals surface area contributed by atoms with E-state index >= 15 is 0 Å². The summed E-state index contributed by atoms with van der Waals surface area (Å²) in [5.41, 5.74) is 2.06. The Bertz CT molecular complexity index is 467. The summed E-state index contributed by atoms with van der Waals surface area (Å²) >= 11 is 0. The minimum atomic E-state index is -0.187. The molecule has 3 heteroatoms. The summed E-state index contributed by atoms with van der Waals surface area (Å²) in [6, 6.07) is 10.7. The Hall–Kier alpha value is -1.61. The summed E-state index contributed by atoms with van der Waals surface area (Å²) in [5.74, 6) is 0.105. The monoisotopic (exact) mass is 259 g/mol. The highest BCUT2D eigenvalue weighted by Gasteiger charge is 2.29. The molecule has 0 aromatic heterocycles. The smallest absolute Gasteiger partial charge is 0.335 e. The van der Waals surface area contributed by atoms with E-state index < -0.39 is 0 Å². The van der Waals surface area contributed by atoms with Crippen LogP contribution in [0.15, 0.2) is 42.0 Å². The Balaban J connectivity index is 2.21. The van der Waals surface area contributed by atoms with Crippen LogP contribution < -0.4 is 0 Å². The molecule has 3 nitrogen and oxygen atoms in total. The lowest BCUT2D eigenvalue weighted by Crippen LogP contribution is -2.36. The standard InChI is InChI=1S/C16H21NO2/c1-4-19-16(18)14-10-12(2)15(17(3)11-14)13-8-6-5-7-9-13/h5-10,12,15H,4,11H2,1-3H3/t12-,15+/m1/s1. The topological polar surface area (TPSA) is 29.5 Å². The molecule has 2 rings (SSSR count). The van der Waals surface area contributed by atoms with Gasteiger partial charge in [-0.05, 0) is 25.5 Å². The van der Waals surface area contributed by atoms with Gasteiger partial charge in [-0.15, -0.1) is 0 Å². The Morgan fingerprint density at radius 3 is 2.63 bits per heavy atom. The summed E-state index contributed by atoms with van der Waals surface area (Å²) in [4.78, 5) is 14.0. The molecule has 0 bridgehead atoms. The summed E-state index contributed by atoms with van der Waals surface area (Å²) in [6.07, 6.45) is 2.05. The van der Waals surface area contributed by atoms with Gasteiger partial charge in [0.2, 0.25) is 0 Å². The summed E-state index contributed by atoms with van der Waals surface area (Å²) in [5, 5.41) is 0. The van der Waals surface area contributed by atoms with Crippen LogP contribution in [0.25, 0.3) is 0 Å². The number of nitrogens with zero attached hydrogens (tertiary/aromatic N) is 1. The van der Waals surface area contributed by atoms with E-state index in [1.807, 2.05) is 13.0 Å². The minimum absolute atomic E-state index is 0.187. The zero-order valence-corrected chi connectivity index (χ0v) is 11.8. The van der Waals surface area contributed by atoms with E-state index in [4.69, 9.17) is 4.74 Å². The molecular formula is C16H21NO2. The minimum Gasteiger partial charge on any atom is -0.463 e. The number of ether oxygens (including phenoxy) is 1. The molecule has 1 aromatic carbocycles. The van der Waals surface area contributed by atoms with E-state index in [9.17, 15) is 4.79 Å². The maximum Gasteiger partial charge on any atom is 0.335 e. The number of hydrogen-bond donors (Lipinski definition) is 0. The van der Waals surface area contributed by atoms with Crippen LogP contribution in [0.4, 0.5) is 0 Å². The molecule has 0 unspecified atom stereocenters. The number of carbonyl (C=O) groups excluding carboxylic acids is 1. The first-order valence-electron chi connectivity index (χ1n) is 6.76. The second-order valence-corrected chi connectivity index (χ2v) is 5.04. The van der Waals surface area contributed by atoms with Crippen LogP contribution in [0.2, 0.25) is 0 Å². The van der Waals surface area contributed by atoms with Crippen LogP contribution in [0.1, 0.15) is 25.5 Å². The zero-order chi connectivity index (χ0) is 13.8. The fourth-order valence-electron chi connectivity index (χ4n) is 2.79. The van der Waals surface area contributed by atoms with Crippen LogP contribution in [0, 0.1) is 5.92 Å². The number of benzene rings is 1. The van der Waals surface area contributed by atoms with Gasteiger partial charge in [-0.3, -0.25) is 4.90 Å². The van der Waals surface area contributed by atoms with Gasteiger partial charge in [-0.2, -0.15) is 0 Å². The number of carbonyl (C=O) groups is 1. The quantitative estimate of drug-likeness (QED) is 0.782. The predicted molar refractivity (Wildman–Crippen MR) is 75.7 cm³/mol. The summed E-state index contributed by atoms with van der Waals surface area (Å²) < 4.78 is 5.09. The van der Waals surface area contributed by atoms with E-state index in [1.165, 1.54) is 5.56 Å². The van der Waals surface area contributed by atoms with Gasteiger partial charge in [0, 0.05) is 18.2 Å². The van der Waals surface area contributed by atoms with Crippen molar-refractivity contribution in [1.29, 1.82) is 0 Å². The highest BCUT2D eigenvalue weighted by atomic mass is 16.5. The zero-order valence-electron chi connectivity index (χ0n) is 11.8.